The molecule has 0 bridgehead atoms. The van der Waals surface area contributed by atoms with Crippen LogP contribution in [0.25, 0.3) is 0 Å². The topological polar surface area (TPSA) is 67.6 Å². The number of carbonyl (C=O) groups excluding carboxylic acids is 1. The Hall–Kier alpha value is -2.61. The maximum absolute atomic E-state index is 13.0. The second-order valence-corrected chi connectivity index (χ2v) is 9.52. The van der Waals surface area contributed by atoms with Gasteiger partial charge in [-0.05, 0) is 44.0 Å². The number of benzene rings is 2. The standard InChI is InChI=1S/C26H31N3O3S/c1-18-15-29(11-12-31-18)16-22-8-6-7-21(13-22)14-27-26(30)23-9-4-5-10-25(23)33-17-24-19(2)28-32-20(24)3/h4-10,13,18H,11-12,14-17H2,1-3H3,(H,27,30). The zero-order valence-electron chi connectivity index (χ0n) is 19.5. The van der Waals surface area contributed by atoms with Crippen molar-refractivity contribution in [1.82, 2.24) is 15.4 Å². The molecule has 1 saturated heterocycles. The van der Waals surface area contributed by atoms with E-state index < -0.39 is 0 Å². The van der Waals surface area contributed by atoms with Gasteiger partial charge < -0.3 is 14.6 Å². The van der Waals surface area contributed by atoms with E-state index in [9.17, 15) is 4.79 Å². The normalized spacial score (nSPS) is 16.6. The smallest absolute Gasteiger partial charge is 0.252 e. The van der Waals surface area contributed by atoms with Crippen molar-refractivity contribution in [2.45, 2.75) is 50.6 Å². The fourth-order valence-electron chi connectivity index (χ4n) is 4.05. The number of nitrogens with one attached hydrogen (secondary N) is 1. The molecule has 1 fully saturated rings. The minimum atomic E-state index is -0.0655. The average Bonchev–Trinajstić information content (AvgIpc) is 3.13. The summed E-state index contributed by atoms with van der Waals surface area (Å²) in [5, 5.41) is 7.11. The van der Waals surface area contributed by atoms with Gasteiger partial charge in [0.1, 0.15) is 5.76 Å². The number of rotatable bonds is 8. The Balaban J connectivity index is 1.36. The van der Waals surface area contributed by atoms with Crippen molar-refractivity contribution >= 4 is 17.7 Å². The molecule has 0 radical (unpaired) electrons. The lowest BCUT2D eigenvalue weighted by Crippen LogP contribution is -2.40. The maximum atomic E-state index is 13.0. The molecule has 4 rings (SSSR count). The third kappa shape index (κ3) is 6.25. The number of ether oxygens (including phenoxy) is 1. The predicted octanol–water partition coefficient (Wildman–Crippen LogP) is 4.73. The molecule has 3 aromatic rings. The maximum Gasteiger partial charge on any atom is 0.252 e. The van der Waals surface area contributed by atoms with E-state index in [1.807, 2.05) is 38.1 Å². The van der Waals surface area contributed by atoms with Gasteiger partial charge in [-0.2, -0.15) is 0 Å². The highest BCUT2D eigenvalue weighted by Crippen LogP contribution is 2.28. The average molecular weight is 466 g/mol. The van der Waals surface area contributed by atoms with Gasteiger partial charge in [-0.15, -0.1) is 11.8 Å². The van der Waals surface area contributed by atoms with Crippen LogP contribution < -0.4 is 5.32 Å². The van der Waals surface area contributed by atoms with E-state index in [1.54, 1.807) is 11.8 Å². The van der Waals surface area contributed by atoms with Gasteiger partial charge in [0.15, 0.2) is 0 Å². The first-order valence-corrected chi connectivity index (χ1v) is 12.3. The second-order valence-electron chi connectivity index (χ2n) is 8.51. The van der Waals surface area contributed by atoms with Crippen molar-refractivity contribution in [2.75, 3.05) is 19.7 Å². The number of amides is 1. The van der Waals surface area contributed by atoms with Crippen LogP contribution >= 0.6 is 11.8 Å². The van der Waals surface area contributed by atoms with Gasteiger partial charge >= 0.3 is 0 Å². The Morgan fingerprint density at radius 1 is 1.18 bits per heavy atom. The lowest BCUT2D eigenvalue weighted by molar-refractivity contribution is -0.0212. The van der Waals surface area contributed by atoms with Gasteiger partial charge in [0, 0.05) is 42.4 Å². The summed E-state index contributed by atoms with van der Waals surface area (Å²) in [5.41, 5.74) is 5.03. The van der Waals surface area contributed by atoms with E-state index in [2.05, 4.69) is 46.6 Å². The molecule has 1 N–H and O–H groups in total. The summed E-state index contributed by atoms with van der Waals surface area (Å²) < 4.78 is 10.9. The monoisotopic (exact) mass is 465 g/mol. The molecule has 2 aromatic carbocycles. The highest BCUT2D eigenvalue weighted by Gasteiger charge is 2.17. The molecule has 1 aliphatic heterocycles. The van der Waals surface area contributed by atoms with E-state index in [4.69, 9.17) is 9.26 Å². The highest BCUT2D eigenvalue weighted by molar-refractivity contribution is 7.98. The molecule has 6 nitrogen and oxygen atoms in total. The number of aromatic nitrogens is 1. The molecule has 174 valence electrons. The van der Waals surface area contributed by atoms with Crippen molar-refractivity contribution in [3.8, 4) is 0 Å². The van der Waals surface area contributed by atoms with Crippen LogP contribution in [0.3, 0.4) is 0 Å². The van der Waals surface area contributed by atoms with E-state index in [1.165, 1.54) is 5.56 Å². The molecule has 1 aliphatic rings. The summed E-state index contributed by atoms with van der Waals surface area (Å²) >= 11 is 1.63. The predicted molar refractivity (Wildman–Crippen MR) is 130 cm³/mol. The first-order valence-electron chi connectivity index (χ1n) is 11.3. The summed E-state index contributed by atoms with van der Waals surface area (Å²) in [7, 11) is 0. The number of morpholine rings is 1. The van der Waals surface area contributed by atoms with E-state index in [0.717, 1.165) is 53.7 Å². The number of aryl methyl sites for hydroxylation is 2. The third-order valence-corrected chi connectivity index (χ3v) is 6.96. The SMILES string of the molecule is Cc1noc(C)c1CSc1ccccc1C(=O)NCc1cccc(CN2CCOC(C)C2)c1. The summed E-state index contributed by atoms with van der Waals surface area (Å²) in [6.07, 6.45) is 0.275. The fraction of sp³-hybridized carbons (Fsp3) is 0.385. The number of carbonyl (C=O) groups is 1. The van der Waals surface area contributed by atoms with Gasteiger partial charge in [-0.25, -0.2) is 0 Å². The molecule has 2 heterocycles. The fourth-order valence-corrected chi connectivity index (χ4v) is 5.25. The molecule has 1 atom stereocenters. The van der Waals surface area contributed by atoms with Gasteiger partial charge in [0.05, 0.1) is 24.0 Å². The quantitative estimate of drug-likeness (QED) is 0.485. The van der Waals surface area contributed by atoms with Crippen LogP contribution in [0.4, 0.5) is 0 Å². The van der Waals surface area contributed by atoms with E-state index in [-0.39, 0.29) is 12.0 Å². The van der Waals surface area contributed by atoms with Crippen LogP contribution in [0, 0.1) is 13.8 Å². The van der Waals surface area contributed by atoms with E-state index >= 15 is 0 Å². The minimum Gasteiger partial charge on any atom is -0.376 e. The van der Waals surface area contributed by atoms with Gasteiger partial charge in [0.25, 0.3) is 5.91 Å². The lowest BCUT2D eigenvalue weighted by atomic mass is 10.1. The number of hydrogen-bond donors (Lipinski definition) is 1. The number of thioether (sulfide) groups is 1. The van der Waals surface area contributed by atoms with Crippen molar-refractivity contribution in [3.05, 3.63) is 82.2 Å². The van der Waals surface area contributed by atoms with Crippen molar-refractivity contribution in [3.63, 3.8) is 0 Å². The molecule has 1 amide bonds. The molecule has 0 saturated carbocycles. The molecular weight excluding hydrogens is 434 g/mol. The molecule has 0 spiro atoms. The van der Waals surface area contributed by atoms with Gasteiger partial charge in [0.2, 0.25) is 0 Å². The molecule has 7 heteroatoms. The zero-order chi connectivity index (χ0) is 23.2. The minimum absolute atomic E-state index is 0.0655. The van der Waals surface area contributed by atoms with Crippen LogP contribution in [0.1, 0.15) is 45.4 Å². The molecular formula is C26H31N3O3S. The third-order valence-electron chi connectivity index (χ3n) is 5.86. The second kappa shape index (κ2) is 11.0. The molecule has 0 aliphatic carbocycles. The summed E-state index contributed by atoms with van der Waals surface area (Å²) in [5.74, 6) is 1.48. The molecule has 33 heavy (non-hydrogen) atoms. The summed E-state index contributed by atoms with van der Waals surface area (Å²) in [4.78, 5) is 16.4. The van der Waals surface area contributed by atoms with Crippen LogP contribution in [-0.2, 0) is 23.6 Å². The molecule has 1 unspecified atom stereocenters. The Bertz CT molecular complexity index is 1080. The van der Waals surface area contributed by atoms with Crippen LogP contribution in [0.2, 0.25) is 0 Å². The Labute approximate surface area is 199 Å². The van der Waals surface area contributed by atoms with Gasteiger partial charge in [-0.1, -0.05) is 41.6 Å². The largest absolute Gasteiger partial charge is 0.376 e. The van der Waals surface area contributed by atoms with Crippen LogP contribution in [-0.4, -0.2) is 41.8 Å². The zero-order valence-corrected chi connectivity index (χ0v) is 20.3. The lowest BCUT2D eigenvalue weighted by Gasteiger charge is -2.31. The number of hydrogen-bond acceptors (Lipinski definition) is 6. The summed E-state index contributed by atoms with van der Waals surface area (Å²) in [6.45, 7) is 10.1. The Kier molecular flexibility index (Phi) is 7.85. The van der Waals surface area contributed by atoms with Crippen LogP contribution in [0.5, 0.6) is 0 Å². The van der Waals surface area contributed by atoms with Crippen molar-refractivity contribution in [2.24, 2.45) is 0 Å². The van der Waals surface area contributed by atoms with Crippen LogP contribution in [0.15, 0.2) is 57.9 Å². The first-order chi connectivity index (χ1) is 16.0. The van der Waals surface area contributed by atoms with Crippen molar-refractivity contribution in [1.29, 1.82) is 0 Å². The first kappa shape index (κ1) is 23.5. The Morgan fingerprint density at radius 2 is 2.00 bits per heavy atom. The number of nitrogens with zero attached hydrogens (tertiary/aromatic N) is 2. The summed E-state index contributed by atoms with van der Waals surface area (Å²) in [6, 6.07) is 16.2. The molecule has 1 aromatic heterocycles. The van der Waals surface area contributed by atoms with Crippen molar-refractivity contribution < 1.29 is 14.1 Å². The van der Waals surface area contributed by atoms with E-state index in [0.29, 0.717) is 17.9 Å². The van der Waals surface area contributed by atoms with Gasteiger partial charge in [-0.3, -0.25) is 9.69 Å². The highest BCUT2D eigenvalue weighted by atomic mass is 32.2. The Morgan fingerprint density at radius 3 is 2.79 bits per heavy atom.